The first-order valence-electron chi connectivity index (χ1n) is 6.79. The molecule has 19 heavy (non-hydrogen) atoms. The van der Waals surface area contributed by atoms with Gasteiger partial charge in [0.05, 0.1) is 5.60 Å². The fraction of sp³-hybridized carbons (Fsp3) is 0.438. The fourth-order valence-electron chi connectivity index (χ4n) is 2.26. The highest BCUT2D eigenvalue weighted by Gasteiger charge is 2.16. The number of rotatable bonds is 6. The molecule has 102 valence electrons. The van der Waals surface area contributed by atoms with Gasteiger partial charge in [0, 0.05) is 37.5 Å². The second-order valence-electron chi connectivity index (χ2n) is 5.32. The lowest BCUT2D eigenvalue weighted by molar-refractivity contribution is -0.00896. The van der Waals surface area contributed by atoms with E-state index in [-0.39, 0.29) is 5.60 Å². The Labute approximate surface area is 115 Å². The van der Waals surface area contributed by atoms with Crippen LogP contribution in [0.5, 0.6) is 0 Å². The van der Waals surface area contributed by atoms with Crippen LogP contribution in [0.1, 0.15) is 26.3 Å². The molecule has 0 fully saturated rings. The van der Waals surface area contributed by atoms with E-state index in [4.69, 9.17) is 4.74 Å². The molecule has 0 atom stereocenters. The molecular formula is C16H22N2O. The van der Waals surface area contributed by atoms with Crippen molar-refractivity contribution in [2.24, 2.45) is 0 Å². The van der Waals surface area contributed by atoms with E-state index in [9.17, 15) is 0 Å². The summed E-state index contributed by atoms with van der Waals surface area (Å²) in [7, 11) is 0. The van der Waals surface area contributed by atoms with Gasteiger partial charge in [-0.15, -0.1) is 0 Å². The van der Waals surface area contributed by atoms with Gasteiger partial charge in [0.1, 0.15) is 0 Å². The molecule has 0 amide bonds. The van der Waals surface area contributed by atoms with Crippen molar-refractivity contribution < 1.29 is 4.74 Å². The first-order valence-corrected chi connectivity index (χ1v) is 6.79. The Balaban J connectivity index is 2.02. The Kier molecular flexibility index (Phi) is 4.51. The van der Waals surface area contributed by atoms with Crippen molar-refractivity contribution in [2.75, 3.05) is 13.2 Å². The summed E-state index contributed by atoms with van der Waals surface area (Å²) in [6, 6.07) is 8.34. The minimum atomic E-state index is -0.132. The highest BCUT2D eigenvalue weighted by atomic mass is 16.5. The van der Waals surface area contributed by atoms with Crippen LogP contribution in [0, 0.1) is 0 Å². The average molecular weight is 258 g/mol. The Bertz CT molecular complexity index is 532. The van der Waals surface area contributed by atoms with E-state index in [2.05, 4.69) is 42.3 Å². The maximum Gasteiger partial charge on any atom is 0.0750 e. The second kappa shape index (κ2) is 6.13. The molecule has 0 bridgehead atoms. The van der Waals surface area contributed by atoms with E-state index in [1.807, 2.05) is 25.4 Å². The lowest BCUT2D eigenvalue weighted by Gasteiger charge is -2.25. The minimum Gasteiger partial charge on any atom is -0.375 e. The summed E-state index contributed by atoms with van der Waals surface area (Å²) in [6.45, 7) is 8.60. The third-order valence-electron chi connectivity index (χ3n) is 3.15. The molecule has 0 unspecified atom stereocenters. The number of pyridine rings is 1. The van der Waals surface area contributed by atoms with Crippen LogP contribution in [0.15, 0.2) is 36.7 Å². The monoisotopic (exact) mass is 258 g/mol. The van der Waals surface area contributed by atoms with Gasteiger partial charge < -0.3 is 10.1 Å². The van der Waals surface area contributed by atoms with Crippen LogP contribution >= 0.6 is 0 Å². The molecule has 0 aliphatic heterocycles. The zero-order valence-electron chi connectivity index (χ0n) is 11.9. The van der Waals surface area contributed by atoms with E-state index >= 15 is 0 Å². The minimum absolute atomic E-state index is 0.132. The molecule has 3 nitrogen and oxygen atoms in total. The number of ether oxygens (including phenoxy) is 1. The number of fused-ring (bicyclic) bond motifs is 1. The topological polar surface area (TPSA) is 34.1 Å². The molecule has 1 aromatic carbocycles. The first kappa shape index (κ1) is 14.0. The highest BCUT2D eigenvalue weighted by Crippen LogP contribution is 2.17. The molecule has 0 saturated heterocycles. The number of nitrogens with zero attached hydrogens (tertiary/aromatic N) is 1. The molecule has 2 rings (SSSR count). The lowest BCUT2D eigenvalue weighted by atomic mass is 10.1. The largest absolute Gasteiger partial charge is 0.375 e. The highest BCUT2D eigenvalue weighted by molar-refractivity contribution is 5.84. The number of hydrogen-bond acceptors (Lipinski definition) is 3. The van der Waals surface area contributed by atoms with E-state index < -0.39 is 0 Å². The fourth-order valence-corrected chi connectivity index (χ4v) is 2.26. The number of benzene rings is 1. The predicted molar refractivity (Wildman–Crippen MR) is 79.2 cm³/mol. The van der Waals surface area contributed by atoms with Crippen molar-refractivity contribution in [3.05, 3.63) is 42.2 Å². The summed E-state index contributed by atoms with van der Waals surface area (Å²) < 4.78 is 5.68. The van der Waals surface area contributed by atoms with Crippen molar-refractivity contribution >= 4 is 10.8 Å². The van der Waals surface area contributed by atoms with Crippen molar-refractivity contribution in [1.82, 2.24) is 10.3 Å². The maximum absolute atomic E-state index is 5.68. The summed E-state index contributed by atoms with van der Waals surface area (Å²) in [5.41, 5.74) is 1.10. The molecule has 0 radical (unpaired) electrons. The van der Waals surface area contributed by atoms with Crippen LogP contribution < -0.4 is 5.32 Å². The normalized spacial score (nSPS) is 11.9. The van der Waals surface area contributed by atoms with Crippen LogP contribution in [0.4, 0.5) is 0 Å². The van der Waals surface area contributed by atoms with Crippen molar-refractivity contribution in [3.8, 4) is 0 Å². The van der Waals surface area contributed by atoms with Gasteiger partial charge in [0.15, 0.2) is 0 Å². The molecule has 1 aromatic heterocycles. The van der Waals surface area contributed by atoms with Gasteiger partial charge in [-0.3, -0.25) is 4.98 Å². The standard InChI is InChI=1S/C16H22N2O/c1-4-19-16(2,3)12-18-11-14-10-17-9-13-7-5-6-8-15(13)14/h5-10,18H,4,11-12H2,1-3H3. The predicted octanol–water partition coefficient (Wildman–Crippen LogP) is 3.14. The van der Waals surface area contributed by atoms with Gasteiger partial charge in [0.25, 0.3) is 0 Å². The molecule has 0 aliphatic rings. The summed E-state index contributed by atoms with van der Waals surface area (Å²) >= 11 is 0. The van der Waals surface area contributed by atoms with Gasteiger partial charge in [-0.05, 0) is 31.7 Å². The van der Waals surface area contributed by atoms with E-state index in [0.29, 0.717) is 0 Å². The lowest BCUT2D eigenvalue weighted by Crippen LogP contribution is -2.37. The number of aromatic nitrogens is 1. The molecule has 0 aliphatic carbocycles. The summed E-state index contributed by atoms with van der Waals surface area (Å²) in [4.78, 5) is 4.29. The molecule has 1 heterocycles. The van der Waals surface area contributed by atoms with Crippen molar-refractivity contribution in [3.63, 3.8) is 0 Å². The number of hydrogen-bond donors (Lipinski definition) is 1. The summed E-state index contributed by atoms with van der Waals surface area (Å²) in [5, 5.41) is 5.90. The van der Waals surface area contributed by atoms with E-state index in [1.165, 1.54) is 16.3 Å². The van der Waals surface area contributed by atoms with Gasteiger partial charge in [-0.25, -0.2) is 0 Å². The molecular weight excluding hydrogens is 236 g/mol. The smallest absolute Gasteiger partial charge is 0.0750 e. The van der Waals surface area contributed by atoms with Gasteiger partial charge in [-0.1, -0.05) is 24.3 Å². The Morgan fingerprint density at radius 2 is 2.00 bits per heavy atom. The Hall–Kier alpha value is -1.45. The SMILES string of the molecule is CCOC(C)(C)CNCc1cncc2ccccc12. The zero-order valence-corrected chi connectivity index (χ0v) is 11.9. The number of nitrogens with one attached hydrogen (secondary N) is 1. The molecule has 0 saturated carbocycles. The summed E-state index contributed by atoms with van der Waals surface area (Å²) in [6.07, 6.45) is 3.84. The van der Waals surface area contributed by atoms with Crippen LogP contribution in [0.2, 0.25) is 0 Å². The van der Waals surface area contributed by atoms with Crippen molar-refractivity contribution in [1.29, 1.82) is 0 Å². The second-order valence-corrected chi connectivity index (χ2v) is 5.32. The zero-order chi connectivity index (χ0) is 13.7. The van der Waals surface area contributed by atoms with Crippen molar-refractivity contribution in [2.45, 2.75) is 32.9 Å². The molecule has 2 aromatic rings. The van der Waals surface area contributed by atoms with Gasteiger partial charge >= 0.3 is 0 Å². The maximum atomic E-state index is 5.68. The van der Waals surface area contributed by atoms with Crippen LogP contribution in [-0.4, -0.2) is 23.7 Å². The van der Waals surface area contributed by atoms with Crippen LogP contribution in [-0.2, 0) is 11.3 Å². The van der Waals surface area contributed by atoms with Crippen LogP contribution in [0.25, 0.3) is 10.8 Å². The van der Waals surface area contributed by atoms with Gasteiger partial charge in [-0.2, -0.15) is 0 Å². The Morgan fingerprint density at radius 3 is 2.79 bits per heavy atom. The molecule has 0 spiro atoms. The molecule has 1 N–H and O–H groups in total. The molecule has 3 heteroatoms. The van der Waals surface area contributed by atoms with E-state index in [0.717, 1.165) is 19.7 Å². The first-order chi connectivity index (χ1) is 9.12. The third kappa shape index (κ3) is 3.75. The average Bonchev–Trinajstić information content (AvgIpc) is 2.39. The van der Waals surface area contributed by atoms with Crippen LogP contribution in [0.3, 0.4) is 0 Å². The van der Waals surface area contributed by atoms with Gasteiger partial charge in [0.2, 0.25) is 0 Å². The quantitative estimate of drug-likeness (QED) is 0.864. The summed E-state index contributed by atoms with van der Waals surface area (Å²) in [5.74, 6) is 0. The van der Waals surface area contributed by atoms with E-state index in [1.54, 1.807) is 0 Å². The Morgan fingerprint density at radius 1 is 1.21 bits per heavy atom. The third-order valence-corrected chi connectivity index (χ3v) is 3.15.